The minimum absolute atomic E-state index is 0.0278. The van der Waals surface area contributed by atoms with Crippen LogP contribution < -0.4 is 5.56 Å². The van der Waals surface area contributed by atoms with Crippen molar-refractivity contribution >= 4 is 5.91 Å². The number of pyridine rings is 2. The van der Waals surface area contributed by atoms with Gasteiger partial charge in [0.2, 0.25) is 5.56 Å². The van der Waals surface area contributed by atoms with Crippen molar-refractivity contribution < 1.29 is 4.79 Å². The number of nitrogens with one attached hydrogen (secondary N) is 1. The quantitative estimate of drug-likeness (QED) is 0.926. The molecule has 5 nitrogen and oxygen atoms in total. The van der Waals surface area contributed by atoms with Crippen molar-refractivity contribution in [3.63, 3.8) is 0 Å². The van der Waals surface area contributed by atoms with Gasteiger partial charge in [0.1, 0.15) is 0 Å². The van der Waals surface area contributed by atoms with Crippen LogP contribution in [0.1, 0.15) is 47.6 Å². The van der Waals surface area contributed by atoms with E-state index in [4.69, 9.17) is 0 Å². The van der Waals surface area contributed by atoms with Gasteiger partial charge in [-0.1, -0.05) is 12.8 Å². The van der Waals surface area contributed by atoms with Gasteiger partial charge in [-0.25, -0.2) is 0 Å². The summed E-state index contributed by atoms with van der Waals surface area (Å²) in [6, 6.07) is 7.01. The van der Waals surface area contributed by atoms with E-state index < -0.39 is 0 Å². The van der Waals surface area contributed by atoms with Crippen LogP contribution in [0, 0.1) is 0 Å². The predicted molar refractivity (Wildman–Crippen MR) is 83.5 cm³/mol. The summed E-state index contributed by atoms with van der Waals surface area (Å²) < 4.78 is 0. The molecule has 0 aliphatic carbocycles. The van der Waals surface area contributed by atoms with Crippen LogP contribution in [0.15, 0.2) is 47.7 Å². The Hall–Kier alpha value is -2.43. The van der Waals surface area contributed by atoms with Gasteiger partial charge in [-0.15, -0.1) is 0 Å². The Kier molecular flexibility index (Phi) is 4.32. The molecule has 22 heavy (non-hydrogen) atoms. The Morgan fingerprint density at radius 2 is 1.95 bits per heavy atom. The summed E-state index contributed by atoms with van der Waals surface area (Å²) in [6.07, 6.45) is 9.25. The Balaban J connectivity index is 1.91. The maximum Gasteiger partial charge on any atom is 0.255 e. The van der Waals surface area contributed by atoms with E-state index >= 15 is 0 Å². The molecule has 0 saturated carbocycles. The lowest BCUT2D eigenvalue weighted by Crippen LogP contribution is -2.35. The summed E-state index contributed by atoms with van der Waals surface area (Å²) in [6.45, 7) is 0.741. The van der Waals surface area contributed by atoms with Crippen LogP contribution in [0.25, 0.3) is 0 Å². The Morgan fingerprint density at radius 1 is 1.14 bits per heavy atom. The number of amides is 1. The van der Waals surface area contributed by atoms with Crippen molar-refractivity contribution in [2.24, 2.45) is 0 Å². The normalized spacial score (nSPS) is 18.7. The average Bonchev–Trinajstić information content (AvgIpc) is 2.81. The van der Waals surface area contributed by atoms with E-state index in [1.165, 1.54) is 12.3 Å². The lowest BCUT2D eigenvalue weighted by Gasteiger charge is -2.30. The van der Waals surface area contributed by atoms with Crippen LogP contribution >= 0.6 is 0 Å². The number of nitrogens with zero attached hydrogens (tertiary/aromatic N) is 2. The minimum atomic E-state index is -0.196. The van der Waals surface area contributed by atoms with Crippen molar-refractivity contribution in [3.8, 4) is 0 Å². The molecule has 1 fully saturated rings. The lowest BCUT2D eigenvalue weighted by atomic mass is 10.0. The zero-order valence-corrected chi connectivity index (χ0v) is 12.4. The van der Waals surface area contributed by atoms with Gasteiger partial charge < -0.3 is 9.88 Å². The zero-order chi connectivity index (χ0) is 15.4. The van der Waals surface area contributed by atoms with Gasteiger partial charge in [-0.05, 0) is 36.6 Å². The van der Waals surface area contributed by atoms with Crippen LogP contribution in [0.2, 0.25) is 0 Å². The summed E-state index contributed by atoms with van der Waals surface area (Å²) in [4.78, 5) is 32.6. The average molecular weight is 297 g/mol. The third-order valence-electron chi connectivity index (χ3n) is 4.14. The number of aromatic amines is 1. The molecule has 0 bridgehead atoms. The smallest absolute Gasteiger partial charge is 0.255 e. The summed E-state index contributed by atoms with van der Waals surface area (Å²) in [7, 11) is 0. The highest BCUT2D eigenvalue weighted by Gasteiger charge is 2.27. The molecule has 1 N–H and O–H groups in total. The van der Waals surface area contributed by atoms with Crippen LogP contribution in [-0.2, 0) is 0 Å². The molecule has 3 heterocycles. The van der Waals surface area contributed by atoms with E-state index in [0.717, 1.165) is 37.8 Å². The Labute approximate surface area is 129 Å². The summed E-state index contributed by atoms with van der Waals surface area (Å²) in [5.41, 5.74) is 1.45. The monoisotopic (exact) mass is 297 g/mol. The molecular formula is C17H19N3O2. The molecule has 2 aromatic rings. The molecule has 1 aliphatic heterocycles. The molecule has 1 atom stereocenters. The number of carbonyl (C=O) groups is 1. The second-order valence-electron chi connectivity index (χ2n) is 5.59. The van der Waals surface area contributed by atoms with Crippen LogP contribution in [0.4, 0.5) is 0 Å². The first kappa shape index (κ1) is 14.5. The van der Waals surface area contributed by atoms with Crippen molar-refractivity contribution in [3.05, 3.63) is 64.3 Å². The summed E-state index contributed by atoms with van der Waals surface area (Å²) in [5, 5.41) is 0. The number of aromatic nitrogens is 2. The molecule has 5 heteroatoms. The van der Waals surface area contributed by atoms with Gasteiger partial charge in [-0.3, -0.25) is 14.6 Å². The highest BCUT2D eigenvalue weighted by atomic mass is 16.2. The molecule has 1 amide bonds. The highest BCUT2D eigenvalue weighted by Crippen LogP contribution is 2.30. The number of rotatable bonds is 2. The number of hydrogen-bond acceptors (Lipinski definition) is 3. The predicted octanol–water partition coefficient (Wildman–Crippen LogP) is 2.53. The van der Waals surface area contributed by atoms with Crippen molar-refractivity contribution in [2.45, 2.75) is 31.7 Å². The maximum atomic E-state index is 12.8. The van der Waals surface area contributed by atoms with Gasteiger partial charge in [-0.2, -0.15) is 0 Å². The number of carbonyl (C=O) groups excluding carboxylic acids is 1. The van der Waals surface area contributed by atoms with Crippen molar-refractivity contribution in [1.29, 1.82) is 0 Å². The summed E-state index contributed by atoms with van der Waals surface area (Å²) in [5.74, 6) is -0.0278. The zero-order valence-electron chi connectivity index (χ0n) is 12.4. The topological polar surface area (TPSA) is 66.1 Å². The van der Waals surface area contributed by atoms with Crippen LogP contribution in [0.3, 0.4) is 0 Å². The minimum Gasteiger partial charge on any atom is -0.332 e. The molecule has 0 radical (unpaired) electrons. The number of hydrogen-bond donors (Lipinski definition) is 1. The summed E-state index contributed by atoms with van der Waals surface area (Å²) >= 11 is 0. The van der Waals surface area contributed by atoms with Gasteiger partial charge in [0.15, 0.2) is 0 Å². The van der Waals surface area contributed by atoms with E-state index in [9.17, 15) is 9.59 Å². The van der Waals surface area contributed by atoms with Crippen LogP contribution in [-0.4, -0.2) is 27.3 Å². The van der Waals surface area contributed by atoms with E-state index in [-0.39, 0.29) is 17.5 Å². The first-order valence-electron chi connectivity index (χ1n) is 7.65. The van der Waals surface area contributed by atoms with Gasteiger partial charge in [0.05, 0.1) is 11.6 Å². The van der Waals surface area contributed by atoms with E-state index in [0.29, 0.717) is 5.56 Å². The molecule has 0 spiro atoms. The van der Waals surface area contributed by atoms with E-state index in [1.807, 2.05) is 17.0 Å². The van der Waals surface area contributed by atoms with Crippen molar-refractivity contribution in [1.82, 2.24) is 14.9 Å². The molecule has 2 aromatic heterocycles. The molecule has 114 valence electrons. The van der Waals surface area contributed by atoms with Gasteiger partial charge in [0.25, 0.3) is 5.91 Å². The van der Waals surface area contributed by atoms with Gasteiger partial charge >= 0.3 is 0 Å². The van der Waals surface area contributed by atoms with E-state index in [2.05, 4.69) is 9.97 Å². The largest absolute Gasteiger partial charge is 0.332 e. The third-order valence-corrected chi connectivity index (χ3v) is 4.14. The molecule has 3 rings (SSSR count). The molecule has 0 aromatic carbocycles. The number of H-pyrrole nitrogens is 1. The fraction of sp³-hybridized carbons (Fsp3) is 0.353. The Bertz CT molecular complexity index is 676. The Morgan fingerprint density at radius 3 is 2.68 bits per heavy atom. The first-order chi connectivity index (χ1) is 10.8. The van der Waals surface area contributed by atoms with Crippen molar-refractivity contribution in [2.75, 3.05) is 6.54 Å². The second-order valence-corrected chi connectivity index (χ2v) is 5.59. The van der Waals surface area contributed by atoms with Crippen LogP contribution in [0.5, 0.6) is 0 Å². The number of likely N-dealkylation sites (tertiary alicyclic amines) is 1. The second kappa shape index (κ2) is 6.56. The fourth-order valence-electron chi connectivity index (χ4n) is 2.99. The molecule has 1 aliphatic rings. The standard InChI is InChI=1S/C17H19N3O2/c21-16-6-5-14(12-19-16)17(22)20-11-3-1-2-4-15(20)13-7-9-18-10-8-13/h5-10,12,15H,1-4,11H2,(H,19,21)/t15-/m0/s1. The molecule has 1 saturated heterocycles. The SMILES string of the molecule is O=C(c1ccc(=O)[nH]c1)N1CCCCC[C@H]1c1ccncc1. The lowest BCUT2D eigenvalue weighted by molar-refractivity contribution is 0.0680. The fourth-order valence-corrected chi connectivity index (χ4v) is 2.99. The molecule has 0 unspecified atom stereocenters. The first-order valence-corrected chi connectivity index (χ1v) is 7.65. The maximum absolute atomic E-state index is 12.8. The van der Waals surface area contributed by atoms with Gasteiger partial charge in [0, 0.05) is 31.2 Å². The third kappa shape index (κ3) is 3.08. The van der Waals surface area contributed by atoms with E-state index in [1.54, 1.807) is 18.5 Å². The molecular weight excluding hydrogens is 278 g/mol. The highest BCUT2D eigenvalue weighted by molar-refractivity contribution is 5.94.